The molecule has 1 aliphatic heterocycles. The van der Waals surface area contributed by atoms with Gasteiger partial charge >= 0.3 is 0 Å². The number of methoxy groups -OCH3 is 1. The minimum atomic E-state index is -0.255. The van der Waals surface area contributed by atoms with Gasteiger partial charge in [0.2, 0.25) is 5.91 Å². The largest absolute Gasteiger partial charge is 0.385 e. The van der Waals surface area contributed by atoms with Crippen LogP contribution in [0.1, 0.15) is 37.1 Å². The Bertz CT molecular complexity index is 729. The molecule has 2 heterocycles. The van der Waals surface area contributed by atoms with E-state index in [4.69, 9.17) is 9.47 Å². The van der Waals surface area contributed by atoms with Crippen LogP contribution in [0.5, 0.6) is 0 Å². The highest BCUT2D eigenvalue weighted by Crippen LogP contribution is 2.35. The Morgan fingerprint density at radius 2 is 2.31 bits per heavy atom. The Morgan fingerprint density at radius 3 is 3.12 bits per heavy atom. The van der Waals surface area contributed by atoms with Crippen LogP contribution in [0, 0.1) is 5.92 Å². The number of aryl methyl sites for hydroxylation is 2. The lowest BCUT2D eigenvalue weighted by molar-refractivity contribution is -0.121. The quantitative estimate of drug-likeness (QED) is 0.737. The van der Waals surface area contributed by atoms with Crippen molar-refractivity contribution in [3.63, 3.8) is 0 Å². The molecular weight excluding hydrogens is 330 g/mol. The molecule has 0 radical (unpaired) electrons. The third-order valence-corrected chi connectivity index (χ3v) is 4.79. The molecule has 0 unspecified atom stereocenters. The summed E-state index contributed by atoms with van der Waals surface area (Å²) in [5.41, 5.74) is 3.01. The predicted molar refractivity (Wildman–Crippen MR) is 100.0 cm³/mol. The SMILES string of the molecule is CCc1cccc(NC(=O)[C@H]2CCO[C@@H]2c2ccnn2CCCOC)c1. The van der Waals surface area contributed by atoms with Crippen LogP contribution in [0.3, 0.4) is 0 Å². The molecule has 1 aliphatic rings. The molecule has 0 aliphatic carbocycles. The summed E-state index contributed by atoms with van der Waals surface area (Å²) in [7, 11) is 1.69. The van der Waals surface area contributed by atoms with Crippen molar-refractivity contribution in [3.8, 4) is 0 Å². The van der Waals surface area contributed by atoms with E-state index >= 15 is 0 Å². The van der Waals surface area contributed by atoms with Crippen LogP contribution < -0.4 is 5.32 Å². The van der Waals surface area contributed by atoms with E-state index in [-0.39, 0.29) is 17.9 Å². The molecule has 1 fully saturated rings. The van der Waals surface area contributed by atoms with Gasteiger partial charge < -0.3 is 14.8 Å². The Hall–Kier alpha value is -2.18. The standard InChI is InChI=1S/C20H27N3O3/c1-3-15-6-4-7-16(14-15)22-20(24)17-9-13-26-19(17)18-8-10-21-23(18)11-5-12-25-2/h4,6-8,10,14,17,19H,3,5,9,11-13H2,1-2H3,(H,22,24)/t17-,19-/m0/s1. The smallest absolute Gasteiger partial charge is 0.230 e. The van der Waals surface area contributed by atoms with Crippen LogP contribution >= 0.6 is 0 Å². The number of hydrogen-bond donors (Lipinski definition) is 1. The molecule has 140 valence electrons. The van der Waals surface area contributed by atoms with E-state index < -0.39 is 0 Å². The number of rotatable bonds is 8. The fraction of sp³-hybridized carbons (Fsp3) is 0.500. The Labute approximate surface area is 154 Å². The molecule has 1 aromatic heterocycles. The molecular formula is C20H27N3O3. The summed E-state index contributed by atoms with van der Waals surface area (Å²) in [5, 5.41) is 7.44. The number of nitrogens with one attached hydrogen (secondary N) is 1. The van der Waals surface area contributed by atoms with Crippen LogP contribution in [0.4, 0.5) is 5.69 Å². The van der Waals surface area contributed by atoms with E-state index in [1.807, 2.05) is 28.9 Å². The van der Waals surface area contributed by atoms with E-state index in [0.29, 0.717) is 19.6 Å². The van der Waals surface area contributed by atoms with Crippen LogP contribution in [0.15, 0.2) is 36.5 Å². The average molecular weight is 357 g/mol. The maximum Gasteiger partial charge on any atom is 0.230 e. The summed E-state index contributed by atoms with van der Waals surface area (Å²) in [6.07, 6.45) is 4.05. The van der Waals surface area contributed by atoms with Gasteiger partial charge in [-0.15, -0.1) is 0 Å². The van der Waals surface area contributed by atoms with Gasteiger partial charge in [0.25, 0.3) is 0 Å². The van der Waals surface area contributed by atoms with E-state index in [1.54, 1.807) is 13.3 Å². The van der Waals surface area contributed by atoms with E-state index in [9.17, 15) is 4.79 Å². The molecule has 1 saturated heterocycles. The number of amides is 1. The van der Waals surface area contributed by atoms with Crippen molar-refractivity contribution in [2.45, 2.75) is 38.8 Å². The zero-order valence-electron chi connectivity index (χ0n) is 15.5. The van der Waals surface area contributed by atoms with Crippen molar-refractivity contribution in [3.05, 3.63) is 47.8 Å². The molecule has 0 saturated carbocycles. The number of hydrogen-bond acceptors (Lipinski definition) is 4. The zero-order valence-corrected chi connectivity index (χ0v) is 15.5. The summed E-state index contributed by atoms with van der Waals surface area (Å²) >= 11 is 0. The number of benzene rings is 1. The molecule has 3 rings (SSSR count). The predicted octanol–water partition coefficient (Wildman–Crippen LogP) is 3.20. The van der Waals surface area contributed by atoms with Gasteiger partial charge in [-0.2, -0.15) is 5.10 Å². The van der Waals surface area contributed by atoms with Gasteiger partial charge in [-0.25, -0.2) is 0 Å². The molecule has 0 spiro atoms. The van der Waals surface area contributed by atoms with Gasteiger partial charge in [-0.05, 0) is 43.0 Å². The van der Waals surface area contributed by atoms with Crippen LogP contribution in [-0.2, 0) is 27.2 Å². The molecule has 1 aromatic carbocycles. The van der Waals surface area contributed by atoms with Crippen molar-refractivity contribution in [2.24, 2.45) is 5.92 Å². The number of nitrogens with zero attached hydrogens (tertiary/aromatic N) is 2. The first-order chi connectivity index (χ1) is 12.7. The Morgan fingerprint density at radius 1 is 1.42 bits per heavy atom. The summed E-state index contributed by atoms with van der Waals surface area (Å²) in [4.78, 5) is 12.9. The lowest BCUT2D eigenvalue weighted by atomic mass is 9.97. The van der Waals surface area contributed by atoms with E-state index in [2.05, 4.69) is 23.4 Å². The number of aromatic nitrogens is 2. The molecule has 1 amide bonds. The van der Waals surface area contributed by atoms with Crippen LogP contribution in [0.25, 0.3) is 0 Å². The van der Waals surface area contributed by atoms with Gasteiger partial charge in [0.15, 0.2) is 0 Å². The van der Waals surface area contributed by atoms with Gasteiger partial charge in [0.1, 0.15) is 6.10 Å². The fourth-order valence-electron chi connectivity index (χ4n) is 3.38. The van der Waals surface area contributed by atoms with Gasteiger partial charge in [0.05, 0.1) is 11.6 Å². The summed E-state index contributed by atoms with van der Waals surface area (Å²) in [6.45, 7) is 4.12. The zero-order chi connectivity index (χ0) is 18.4. The Balaban J connectivity index is 1.69. The maximum atomic E-state index is 12.9. The molecule has 0 bridgehead atoms. The summed E-state index contributed by atoms with van der Waals surface area (Å²) < 4.78 is 12.9. The summed E-state index contributed by atoms with van der Waals surface area (Å²) in [6, 6.07) is 9.94. The molecule has 6 heteroatoms. The summed E-state index contributed by atoms with van der Waals surface area (Å²) in [5.74, 6) is -0.205. The lowest BCUT2D eigenvalue weighted by Gasteiger charge is -2.20. The topological polar surface area (TPSA) is 65.4 Å². The first kappa shape index (κ1) is 18.6. The second-order valence-corrected chi connectivity index (χ2v) is 6.56. The second kappa shape index (κ2) is 8.96. The van der Waals surface area contributed by atoms with Crippen molar-refractivity contribution in [1.82, 2.24) is 9.78 Å². The van der Waals surface area contributed by atoms with Crippen molar-refractivity contribution in [1.29, 1.82) is 0 Å². The Kier molecular flexibility index (Phi) is 6.41. The van der Waals surface area contributed by atoms with E-state index in [1.165, 1.54) is 5.56 Å². The van der Waals surface area contributed by atoms with Crippen LogP contribution in [-0.4, -0.2) is 36.0 Å². The van der Waals surface area contributed by atoms with Crippen molar-refractivity contribution in [2.75, 3.05) is 25.6 Å². The van der Waals surface area contributed by atoms with Crippen molar-refractivity contribution >= 4 is 11.6 Å². The first-order valence-corrected chi connectivity index (χ1v) is 9.25. The fourth-order valence-corrected chi connectivity index (χ4v) is 3.38. The molecule has 2 aromatic rings. The second-order valence-electron chi connectivity index (χ2n) is 6.56. The normalized spacial score (nSPS) is 19.6. The third-order valence-electron chi connectivity index (χ3n) is 4.79. The lowest BCUT2D eigenvalue weighted by Crippen LogP contribution is -2.26. The molecule has 6 nitrogen and oxygen atoms in total. The number of anilines is 1. The van der Waals surface area contributed by atoms with Gasteiger partial charge in [-0.3, -0.25) is 9.48 Å². The highest BCUT2D eigenvalue weighted by Gasteiger charge is 2.37. The van der Waals surface area contributed by atoms with Gasteiger partial charge in [0, 0.05) is 38.8 Å². The number of carbonyl (C=O) groups is 1. The average Bonchev–Trinajstić information content (AvgIpc) is 3.31. The maximum absolute atomic E-state index is 12.9. The highest BCUT2D eigenvalue weighted by molar-refractivity contribution is 5.93. The molecule has 1 N–H and O–H groups in total. The minimum Gasteiger partial charge on any atom is -0.385 e. The number of ether oxygens (including phenoxy) is 2. The van der Waals surface area contributed by atoms with E-state index in [0.717, 1.165) is 30.8 Å². The minimum absolute atomic E-state index is 0.00499. The van der Waals surface area contributed by atoms with Crippen LogP contribution in [0.2, 0.25) is 0 Å². The van der Waals surface area contributed by atoms with Gasteiger partial charge in [-0.1, -0.05) is 19.1 Å². The van der Waals surface area contributed by atoms with Crippen molar-refractivity contribution < 1.29 is 14.3 Å². The molecule has 26 heavy (non-hydrogen) atoms. The monoisotopic (exact) mass is 357 g/mol. The third kappa shape index (κ3) is 4.31. The number of carbonyl (C=O) groups excluding carboxylic acids is 1. The first-order valence-electron chi connectivity index (χ1n) is 9.25. The molecule has 2 atom stereocenters. The highest BCUT2D eigenvalue weighted by atomic mass is 16.5.